The summed E-state index contributed by atoms with van der Waals surface area (Å²) in [7, 11) is 0. The lowest BCUT2D eigenvalue weighted by Gasteiger charge is -2.27. The molecule has 4 amide bonds. The quantitative estimate of drug-likeness (QED) is 0.682. The van der Waals surface area contributed by atoms with Crippen molar-refractivity contribution in [2.75, 3.05) is 4.90 Å². The molecule has 120 valence electrons. The minimum absolute atomic E-state index is 0.233. The van der Waals surface area contributed by atoms with E-state index >= 15 is 0 Å². The third-order valence-electron chi connectivity index (χ3n) is 3.62. The molecule has 1 N–H and O–H groups in total. The second-order valence-electron chi connectivity index (χ2n) is 5.30. The van der Waals surface area contributed by atoms with Gasteiger partial charge in [-0.1, -0.05) is 30.3 Å². The summed E-state index contributed by atoms with van der Waals surface area (Å²) in [6.45, 7) is 1.75. The highest BCUT2D eigenvalue weighted by molar-refractivity contribution is 6.39. The lowest BCUT2D eigenvalue weighted by molar-refractivity contribution is -0.122. The number of anilines is 1. The van der Waals surface area contributed by atoms with Crippen molar-refractivity contribution in [1.82, 2.24) is 5.32 Å². The molecule has 1 heterocycles. The minimum atomic E-state index is -0.810. The normalized spacial score (nSPS) is 16.5. The molecule has 2 aromatic carbocycles. The SMILES string of the molecule is Cc1ccccc1N1C(=O)NC(=O)/C(=C\c2cccc(F)c2)C1=O. The van der Waals surface area contributed by atoms with Gasteiger partial charge in [0.1, 0.15) is 11.4 Å². The topological polar surface area (TPSA) is 66.5 Å². The number of imide groups is 2. The number of hydrogen-bond donors (Lipinski definition) is 1. The number of halogens is 1. The van der Waals surface area contributed by atoms with E-state index in [-0.39, 0.29) is 5.57 Å². The van der Waals surface area contributed by atoms with E-state index in [2.05, 4.69) is 5.32 Å². The Kier molecular flexibility index (Phi) is 3.95. The molecule has 1 aliphatic heterocycles. The largest absolute Gasteiger partial charge is 0.335 e. The smallest absolute Gasteiger partial charge is 0.273 e. The van der Waals surface area contributed by atoms with Gasteiger partial charge in [-0.25, -0.2) is 14.1 Å². The molecule has 3 rings (SSSR count). The zero-order valence-corrected chi connectivity index (χ0v) is 12.7. The van der Waals surface area contributed by atoms with Crippen LogP contribution in [0, 0.1) is 12.7 Å². The zero-order chi connectivity index (χ0) is 17.3. The van der Waals surface area contributed by atoms with Crippen LogP contribution in [0.25, 0.3) is 6.08 Å². The summed E-state index contributed by atoms with van der Waals surface area (Å²) in [6, 6.07) is 11.5. The second-order valence-corrected chi connectivity index (χ2v) is 5.30. The molecule has 1 aliphatic rings. The molecule has 6 heteroatoms. The fraction of sp³-hybridized carbons (Fsp3) is 0.0556. The van der Waals surface area contributed by atoms with Gasteiger partial charge in [0.15, 0.2) is 0 Å². The van der Waals surface area contributed by atoms with Crippen molar-refractivity contribution >= 4 is 29.6 Å². The summed E-state index contributed by atoms with van der Waals surface area (Å²) in [5.74, 6) is -2.04. The van der Waals surface area contributed by atoms with E-state index in [1.807, 2.05) is 0 Å². The van der Waals surface area contributed by atoms with Gasteiger partial charge >= 0.3 is 6.03 Å². The maximum absolute atomic E-state index is 13.3. The third-order valence-corrected chi connectivity index (χ3v) is 3.62. The molecule has 0 aliphatic carbocycles. The molecule has 0 saturated carbocycles. The lowest BCUT2D eigenvalue weighted by atomic mass is 10.1. The van der Waals surface area contributed by atoms with Crippen LogP contribution in [0.4, 0.5) is 14.9 Å². The van der Waals surface area contributed by atoms with Crippen LogP contribution in [-0.4, -0.2) is 17.8 Å². The highest BCUT2D eigenvalue weighted by atomic mass is 19.1. The van der Waals surface area contributed by atoms with Gasteiger partial charge in [0.2, 0.25) is 0 Å². The van der Waals surface area contributed by atoms with Crippen molar-refractivity contribution in [2.24, 2.45) is 0 Å². The van der Waals surface area contributed by atoms with E-state index in [4.69, 9.17) is 0 Å². The van der Waals surface area contributed by atoms with Gasteiger partial charge in [0, 0.05) is 0 Å². The number of hydrogen-bond acceptors (Lipinski definition) is 3. The molecule has 24 heavy (non-hydrogen) atoms. The number of rotatable bonds is 2. The molecule has 0 radical (unpaired) electrons. The molecule has 5 nitrogen and oxygen atoms in total. The Morgan fingerprint density at radius 3 is 2.50 bits per heavy atom. The molecule has 0 bridgehead atoms. The number of para-hydroxylation sites is 1. The van der Waals surface area contributed by atoms with E-state index in [0.29, 0.717) is 16.8 Å². The third kappa shape index (κ3) is 2.81. The van der Waals surface area contributed by atoms with Crippen LogP contribution in [0.3, 0.4) is 0 Å². The van der Waals surface area contributed by atoms with Crippen molar-refractivity contribution in [3.63, 3.8) is 0 Å². The molecule has 0 atom stereocenters. The van der Waals surface area contributed by atoms with E-state index < -0.39 is 23.7 Å². The average Bonchev–Trinajstić information content (AvgIpc) is 2.53. The predicted molar refractivity (Wildman–Crippen MR) is 86.6 cm³/mol. The zero-order valence-electron chi connectivity index (χ0n) is 12.7. The Labute approximate surface area is 137 Å². The van der Waals surface area contributed by atoms with Crippen molar-refractivity contribution in [1.29, 1.82) is 0 Å². The highest BCUT2D eigenvalue weighted by Gasteiger charge is 2.37. The predicted octanol–water partition coefficient (Wildman–Crippen LogP) is 2.80. The van der Waals surface area contributed by atoms with Crippen molar-refractivity contribution in [2.45, 2.75) is 6.92 Å². The number of carbonyl (C=O) groups is 3. The first-order valence-electron chi connectivity index (χ1n) is 7.20. The number of nitrogens with zero attached hydrogens (tertiary/aromatic N) is 1. The van der Waals surface area contributed by atoms with Crippen molar-refractivity contribution in [3.05, 3.63) is 71.0 Å². The highest BCUT2D eigenvalue weighted by Crippen LogP contribution is 2.24. The number of aryl methyl sites for hydroxylation is 1. The number of amides is 4. The standard InChI is InChI=1S/C18H13FN2O3/c1-11-5-2-3-8-15(11)21-17(23)14(16(22)20-18(21)24)10-12-6-4-7-13(19)9-12/h2-10H,1H3,(H,20,22,24)/b14-10+. The summed E-state index contributed by atoms with van der Waals surface area (Å²) in [6.07, 6.45) is 1.26. The summed E-state index contributed by atoms with van der Waals surface area (Å²) < 4.78 is 13.3. The molecule has 1 fully saturated rings. The van der Waals surface area contributed by atoms with Gasteiger partial charge in [0.05, 0.1) is 5.69 Å². The number of nitrogens with one attached hydrogen (secondary N) is 1. The van der Waals surface area contributed by atoms with Crippen LogP contribution in [0.1, 0.15) is 11.1 Å². The van der Waals surface area contributed by atoms with Crippen LogP contribution in [-0.2, 0) is 9.59 Å². The fourth-order valence-electron chi connectivity index (χ4n) is 2.45. The molecule has 0 unspecified atom stereocenters. The van der Waals surface area contributed by atoms with Gasteiger partial charge in [-0.3, -0.25) is 14.9 Å². The van der Waals surface area contributed by atoms with E-state index in [1.165, 1.54) is 24.3 Å². The first-order chi connectivity index (χ1) is 11.5. The molecule has 0 spiro atoms. The fourth-order valence-corrected chi connectivity index (χ4v) is 2.45. The first kappa shape index (κ1) is 15.6. The van der Waals surface area contributed by atoms with Crippen LogP contribution < -0.4 is 10.2 Å². The van der Waals surface area contributed by atoms with Gasteiger partial charge < -0.3 is 0 Å². The van der Waals surface area contributed by atoms with Crippen LogP contribution in [0.2, 0.25) is 0 Å². The summed E-state index contributed by atoms with van der Waals surface area (Å²) in [4.78, 5) is 37.7. The van der Waals surface area contributed by atoms with Gasteiger partial charge in [-0.2, -0.15) is 0 Å². The number of benzene rings is 2. The molecular weight excluding hydrogens is 311 g/mol. The van der Waals surface area contributed by atoms with Crippen molar-refractivity contribution in [3.8, 4) is 0 Å². The maximum atomic E-state index is 13.3. The number of barbiturate groups is 1. The van der Waals surface area contributed by atoms with Crippen LogP contribution in [0.15, 0.2) is 54.1 Å². The van der Waals surface area contributed by atoms with Crippen LogP contribution >= 0.6 is 0 Å². The second kappa shape index (κ2) is 6.08. The Morgan fingerprint density at radius 2 is 1.79 bits per heavy atom. The Hall–Kier alpha value is -3.28. The van der Waals surface area contributed by atoms with Gasteiger partial charge in [0.25, 0.3) is 11.8 Å². The monoisotopic (exact) mass is 324 g/mol. The number of carbonyl (C=O) groups excluding carboxylic acids is 3. The average molecular weight is 324 g/mol. The number of urea groups is 1. The van der Waals surface area contributed by atoms with Crippen LogP contribution in [0.5, 0.6) is 0 Å². The minimum Gasteiger partial charge on any atom is -0.273 e. The van der Waals surface area contributed by atoms with Crippen molar-refractivity contribution < 1.29 is 18.8 Å². The summed E-state index contributed by atoms with van der Waals surface area (Å²) in [5, 5.41) is 2.14. The van der Waals surface area contributed by atoms with Gasteiger partial charge in [-0.15, -0.1) is 0 Å². The van der Waals surface area contributed by atoms with E-state index in [0.717, 1.165) is 4.90 Å². The first-order valence-corrected chi connectivity index (χ1v) is 7.20. The summed E-state index contributed by atoms with van der Waals surface area (Å²) >= 11 is 0. The molecule has 0 aromatic heterocycles. The Balaban J connectivity index is 2.05. The Bertz CT molecular complexity index is 889. The van der Waals surface area contributed by atoms with E-state index in [9.17, 15) is 18.8 Å². The summed E-state index contributed by atoms with van der Waals surface area (Å²) in [5.41, 5.74) is 1.22. The lowest BCUT2D eigenvalue weighted by Crippen LogP contribution is -2.54. The molecular formula is C18H13FN2O3. The van der Waals surface area contributed by atoms with Gasteiger partial charge in [-0.05, 0) is 42.3 Å². The molecule has 2 aromatic rings. The Morgan fingerprint density at radius 1 is 1.04 bits per heavy atom. The molecule has 1 saturated heterocycles. The van der Waals surface area contributed by atoms with E-state index in [1.54, 1.807) is 37.3 Å². The maximum Gasteiger partial charge on any atom is 0.335 e.